The fourth-order valence-electron chi connectivity index (χ4n) is 1.77. The fourth-order valence-corrected chi connectivity index (χ4v) is 4.32. The molecule has 0 amide bonds. The van der Waals surface area contributed by atoms with Crippen LogP contribution < -0.4 is 0 Å². The average Bonchev–Trinajstić information content (AvgIpc) is 2.95. The van der Waals surface area contributed by atoms with Gasteiger partial charge in [0.1, 0.15) is 23.0 Å². The van der Waals surface area contributed by atoms with E-state index >= 15 is 0 Å². The minimum Gasteiger partial charge on any atom is -0.462 e. The lowest BCUT2D eigenvalue weighted by molar-refractivity contribution is 0.244. The molecule has 0 aliphatic rings. The predicted octanol–water partition coefficient (Wildman–Crippen LogP) is 2.62. The first-order valence-corrected chi connectivity index (χ1v) is 8.38. The maximum Gasteiger partial charge on any atom is 0.246 e. The van der Waals surface area contributed by atoms with E-state index in [9.17, 15) is 8.42 Å². The first-order valence-electron chi connectivity index (χ1n) is 5.75. The molecule has 2 aromatic heterocycles. The van der Waals surface area contributed by atoms with E-state index in [2.05, 4.69) is 0 Å². The number of rotatable bonds is 5. The minimum atomic E-state index is -3.66. The highest BCUT2D eigenvalue weighted by molar-refractivity contribution is 7.89. The van der Waals surface area contributed by atoms with Crippen LogP contribution in [0.2, 0.25) is 4.34 Å². The van der Waals surface area contributed by atoms with Crippen molar-refractivity contribution in [2.45, 2.75) is 25.0 Å². The second-order valence-corrected chi connectivity index (χ2v) is 8.07. The highest BCUT2D eigenvalue weighted by Gasteiger charge is 2.26. The number of aliphatic hydroxyl groups excluding tert-OH is 1. The third-order valence-corrected chi connectivity index (χ3v) is 5.90. The molecule has 2 heterocycles. The number of thiophene rings is 1. The smallest absolute Gasteiger partial charge is 0.246 e. The molecule has 0 aliphatic heterocycles. The highest BCUT2D eigenvalue weighted by Crippen LogP contribution is 2.27. The third kappa shape index (κ3) is 3.07. The summed E-state index contributed by atoms with van der Waals surface area (Å²) in [6, 6.07) is 4.87. The largest absolute Gasteiger partial charge is 0.462 e. The van der Waals surface area contributed by atoms with Crippen molar-refractivity contribution < 1.29 is 17.9 Å². The minimum absolute atomic E-state index is 0.0757. The van der Waals surface area contributed by atoms with Gasteiger partial charge in [0, 0.05) is 24.5 Å². The van der Waals surface area contributed by atoms with Gasteiger partial charge in [-0.05, 0) is 19.1 Å². The molecule has 0 aromatic carbocycles. The third-order valence-electron chi connectivity index (χ3n) is 2.77. The molecule has 0 atom stereocenters. The Hall–Kier alpha value is -0.860. The van der Waals surface area contributed by atoms with Gasteiger partial charge < -0.3 is 9.52 Å². The number of aliphatic hydroxyl groups is 1. The van der Waals surface area contributed by atoms with Gasteiger partial charge in [0.2, 0.25) is 10.0 Å². The molecule has 20 heavy (non-hydrogen) atoms. The SMILES string of the molecule is Cc1oc(CO)cc1S(=O)(=O)N(C)Cc1ccc(Cl)s1. The molecule has 0 bridgehead atoms. The Labute approximate surface area is 126 Å². The first-order chi connectivity index (χ1) is 9.34. The van der Waals surface area contributed by atoms with Crippen molar-refractivity contribution in [1.82, 2.24) is 4.31 Å². The van der Waals surface area contributed by atoms with Gasteiger partial charge in [-0.25, -0.2) is 8.42 Å². The average molecular weight is 336 g/mol. The van der Waals surface area contributed by atoms with Crippen molar-refractivity contribution in [2.75, 3.05) is 7.05 Å². The van der Waals surface area contributed by atoms with Crippen LogP contribution in [0.25, 0.3) is 0 Å². The van der Waals surface area contributed by atoms with Crippen LogP contribution in [-0.4, -0.2) is 24.9 Å². The van der Waals surface area contributed by atoms with E-state index in [1.807, 2.05) is 0 Å². The predicted molar refractivity (Wildman–Crippen MR) is 77.3 cm³/mol. The van der Waals surface area contributed by atoms with Gasteiger partial charge >= 0.3 is 0 Å². The van der Waals surface area contributed by atoms with Crippen molar-refractivity contribution >= 4 is 33.0 Å². The molecule has 0 fully saturated rings. The summed E-state index contributed by atoms with van der Waals surface area (Å²) in [5.74, 6) is 0.499. The zero-order valence-corrected chi connectivity index (χ0v) is 13.3. The van der Waals surface area contributed by atoms with Gasteiger partial charge in [0.05, 0.1) is 4.34 Å². The van der Waals surface area contributed by atoms with Crippen LogP contribution >= 0.6 is 22.9 Å². The van der Waals surface area contributed by atoms with Crippen molar-refractivity contribution in [1.29, 1.82) is 0 Å². The van der Waals surface area contributed by atoms with Gasteiger partial charge in [-0.15, -0.1) is 11.3 Å². The normalized spacial score (nSPS) is 12.2. The molecule has 8 heteroatoms. The molecule has 0 radical (unpaired) electrons. The van der Waals surface area contributed by atoms with E-state index in [1.54, 1.807) is 19.1 Å². The molecule has 0 saturated carbocycles. The van der Waals surface area contributed by atoms with E-state index < -0.39 is 10.0 Å². The van der Waals surface area contributed by atoms with Gasteiger partial charge in [-0.3, -0.25) is 0 Å². The Morgan fingerprint density at radius 2 is 2.15 bits per heavy atom. The molecule has 0 spiro atoms. The summed E-state index contributed by atoms with van der Waals surface area (Å²) in [5, 5.41) is 9.00. The van der Waals surface area contributed by atoms with Gasteiger partial charge in [0.25, 0.3) is 0 Å². The monoisotopic (exact) mass is 335 g/mol. The van der Waals surface area contributed by atoms with Crippen LogP contribution in [0.15, 0.2) is 27.5 Å². The Kier molecular flexibility index (Phi) is 4.55. The summed E-state index contributed by atoms with van der Waals surface area (Å²) < 4.78 is 31.9. The van der Waals surface area contributed by atoms with E-state index in [0.717, 1.165) is 4.88 Å². The lowest BCUT2D eigenvalue weighted by Crippen LogP contribution is -2.26. The van der Waals surface area contributed by atoms with E-state index in [4.69, 9.17) is 21.1 Å². The molecule has 5 nitrogen and oxygen atoms in total. The summed E-state index contributed by atoms with van der Waals surface area (Å²) in [6.07, 6.45) is 0. The molecule has 2 aromatic rings. The number of aryl methyl sites for hydroxylation is 1. The number of halogens is 1. The van der Waals surface area contributed by atoms with Crippen LogP contribution in [0.5, 0.6) is 0 Å². The Morgan fingerprint density at radius 1 is 1.45 bits per heavy atom. The van der Waals surface area contributed by atoms with Crippen molar-refractivity contribution in [3.8, 4) is 0 Å². The molecule has 1 N–H and O–H groups in total. The summed E-state index contributed by atoms with van der Waals surface area (Å²) >= 11 is 7.17. The molecular formula is C12H14ClNO4S2. The summed E-state index contributed by atoms with van der Waals surface area (Å²) in [7, 11) is -2.16. The zero-order valence-electron chi connectivity index (χ0n) is 11.0. The number of furan rings is 1. The van der Waals surface area contributed by atoms with Crippen molar-refractivity contribution in [3.05, 3.63) is 38.9 Å². The van der Waals surface area contributed by atoms with Gasteiger partial charge in [-0.1, -0.05) is 11.6 Å². The van der Waals surface area contributed by atoms with Crippen LogP contribution in [0.3, 0.4) is 0 Å². The Bertz CT molecular complexity index is 705. The summed E-state index contributed by atoms with van der Waals surface area (Å²) in [4.78, 5) is 0.927. The van der Waals surface area contributed by atoms with E-state index in [1.165, 1.54) is 28.8 Å². The topological polar surface area (TPSA) is 70.8 Å². The molecule has 0 aliphatic carbocycles. The first kappa shape index (κ1) is 15.5. The zero-order chi connectivity index (χ0) is 14.9. The molecular weight excluding hydrogens is 322 g/mol. The van der Waals surface area contributed by atoms with Gasteiger partial charge in [-0.2, -0.15) is 4.31 Å². The van der Waals surface area contributed by atoms with Crippen LogP contribution in [-0.2, 0) is 23.2 Å². The number of hydrogen-bond acceptors (Lipinski definition) is 5. The Balaban J connectivity index is 2.26. The lowest BCUT2D eigenvalue weighted by atomic mass is 10.4. The quantitative estimate of drug-likeness (QED) is 0.911. The maximum absolute atomic E-state index is 12.4. The standard InChI is InChI=1S/C12H14ClNO4S2/c1-8-11(5-9(7-15)18-8)20(16,17)14(2)6-10-3-4-12(13)19-10/h3-5,15H,6-7H2,1-2H3. The van der Waals surface area contributed by atoms with Crippen molar-refractivity contribution in [3.63, 3.8) is 0 Å². The van der Waals surface area contributed by atoms with Crippen molar-refractivity contribution in [2.24, 2.45) is 0 Å². The maximum atomic E-state index is 12.4. The van der Waals surface area contributed by atoms with E-state index in [-0.39, 0.29) is 29.6 Å². The summed E-state index contributed by atoms with van der Waals surface area (Å²) in [6.45, 7) is 1.46. The summed E-state index contributed by atoms with van der Waals surface area (Å²) in [5.41, 5.74) is 0. The van der Waals surface area contributed by atoms with E-state index in [0.29, 0.717) is 4.34 Å². The Morgan fingerprint density at radius 3 is 2.65 bits per heavy atom. The second-order valence-electron chi connectivity index (χ2n) is 4.26. The molecule has 0 unspecified atom stereocenters. The number of sulfonamides is 1. The number of hydrogen-bond donors (Lipinski definition) is 1. The fraction of sp³-hybridized carbons (Fsp3) is 0.333. The second kappa shape index (κ2) is 5.87. The molecule has 110 valence electrons. The van der Waals surface area contributed by atoms with Gasteiger partial charge in [0.15, 0.2) is 0 Å². The molecule has 2 rings (SSSR count). The highest BCUT2D eigenvalue weighted by atomic mass is 35.5. The van der Waals surface area contributed by atoms with Crippen LogP contribution in [0.1, 0.15) is 16.4 Å². The van der Waals surface area contributed by atoms with Crippen LogP contribution in [0, 0.1) is 6.92 Å². The van der Waals surface area contributed by atoms with Crippen LogP contribution in [0.4, 0.5) is 0 Å². The number of nitrogens with zero attached hydrogens (tertiary/aromatic N) is 1. The lowest BCUT2D eigenvalue weighted by Gasteiger charge is -2.15. The molecule has 0 saturated heterocycles.